The second-order valence-corrected chi connectivity index (χ2v) is 99.5. The zero-order valence-electron chi connectivity index (χ0n) is 14.3. The summed E-state index contributed by atoms with van der Waals surface area (Å²) in [5.41, 5.74) is 0. The first-order chi connectivity index (χ1) is 7.00. The fourth-order valence-electron chi connectivity index (χ4n) is 4.27. The molecule has 0 saturated heterocycles. The fraction of sp³-hybridized carbons (Fsp3) is 1.00. The molecule has 0 fully saturated rings. The van der Waals surface area contributed by atoms with Gasteiger partial charge in [-0.15, -0.1) is 0 Å². The van der Waals surface area contributed by atoms with E-state index in [9.17, 15) is 0 Å². The van der Waals surface area contributed by atoms with Crippen molar-refractivity contribution in [3.05, 3.63) is 0 Å². The van der Waals surface area contributed by atoms with Crippen molar-refractivity contribution in [1.82, 2.24) is 0 Å². The van der Waals surface area contributed by atoms with Crippen molar-refractivity contribution in [3.8, 4) is 0 Å². The van der Waals surface area contributed by atoms with Gasteiger partial charge in [0.2, 0.25) is 0 Å². The molecule has 0 heterocycles. The number of hydrogen-bond donors (Lipinski definition) is 0. The monoisotopic (exact) mass is 503 g/mol. The minimum atomic E-state index is -1.60. The van der Waals surface area contributed by atoms with Gasteiger partial charge < -0.3 is 0 Å². The van der Waals surface area contributed by atoms with Gasteiger partial charge in [0.05, 0.1) is 0 Å². The second-order valence-electron chi connectivity index (χ2n) is 8.37. The summed E-state index contributed by atoms with van der Waals surface area (Å²) in [7, 11) is 0. The van der Waals surface area contributed by atoms with Crippen molar-refractivity contribution in [3.63, 3.8) is 0 Å². The Bertz CT molecular complexity index is 211. The molecular weight excluding hydrogens is 463 g/mol. The van der Waals surface area contributed by atoms with Crippen LogP contribution in [-0.4, -0.2) is 80.0 Å². The summed E-state index contributed by atoms with van der Waals surface area (Å²) in [6.07, 6.45) is 0. The summed E-state index contributed by atoms with van der Waals surface area (Å²) in [5.74, 6) is 0. The van der Waals surface area contributed by atoms with Crippen LogP contribution in [0.2, 0.25) is 0 Å². The van der Waals surface area contributed by atoms with E-state index in [0.717, 1.165) is 0 Å². The van der Waals surface area contributed by atoms with E-state index in [1.165, 1.54) is 0 Å². The van der Waals surface area contributed by atoms with E-state index in [1.807, 2.05) is 0 Å². The molecule has 0 saturated carbocycles. The van der Waals surface area contributed by atoms with Gasteiger partial charge in [0, 0.05) is 0 Å². The molecule has 0 aromatic heterocycles. The van der Waals surface area contributed by atoms with Gasteiger partial charge in [0.25, 0.3) is 0 Å². The molecule has 0 aromatic rings. The normalized spacial score (nSPS) is 24.7. The SMILES string of the molecule is C[PH](C)(C)[Pt]([PH](C)(C)C)([PH](C)(C)C)[PH](C)(C)C. The molecule has 17 heavy (non-hydrogen) atoms. The Kier molecular flexibility index (Phi) is 6.06. The van der Waals surface area contributed by atoms with Gasteiger partial charge in [0.1, 0.15) is 0 Å². The van der Waals surface area contributed by atoms with Crippen LogP contribution in [0.4, 0.5) is 0 Å². The molecular formula is C12H40P4Pt. The van der Waals surface area contributed by atoms with E-state index in [-0.39, 0.29) is 0 Å². The maximum atomic E-state index is 2.73. The molecule has 0 aliphatic rings. The van der Waals surface area contributed by atoms with Crippen molar-refractivity contribution in [2.24, 2.45) is 0 Å². The molecule has 0 aliphatic heterocycles. The number of rotatable bonds is 4. The Labute approximate surface area is 115 Å². The van der Waals surface area contributed by atoms with Gasteiger partial charge in [-0.25, -0.2) is 0 Å². The van der Waals surface area contributed by atoms with Gasteiger partial charge in [-0.3, -0.25) is 0 Å². The van der Waals surface area contributed by atoms with Crippen LogP contribution >= 0.6 is 21.4 Å². The zero-order valence-corrected chi connectivity index (χ0v) is 20.6. The molecule has 0 atom stereocenters. The van der Waals surface area contributed by atoms with Crippen molar-refractivity contribution >= 4 is 21.4 Å². The van der Waals surface area contributed by atoms with E-state index >= 15 is 0 Å². The first-order valence-corrected chi connectivity index (χ1v) is 33.5. The Morgan fingerprint density at radius 2 is 0.471 bits per heavy atom. The molecule has 0 unspecified atom stereocenters. The third-order valence-electron chi connectivity index (χ3n) is 2.85. The predicted octanol–water partition coefficient (Wildman–Crippen LogP) is 4.36. The van der Waals surface area contributed by atoms with Crippen molar-refractivity contribution in [1.29, 1.82) is 0 Å². The molecule has 0 spiro atoms. The average Bonchev–Trinajstić information content (AvgIpc) is 1.67. The Balaban J connectivity index is 6.37. The maximum absolute atomic E-state index is 2.73. The van der Waals surface area contributed by atoms with Gasteiger partial charge >= 0.3 is 115 Å². The van der Waals surface area contributed by atoms with E-state index in [2.05, 4.69) is 80.0 Å². The van der Waals surface area contributed by atoms with Crippen LogP contribution in [0.1, 0.15) is 0 Å². The summed E-state index contributed by atoms with van der Waals surface area (Å²) >= 11 is -1.60. The molecule has 0 aromatic carbocycles. The Hall–Kier alpha value is 2.41. The zero-order chi connectivity index (χ0) is 14.5. The van der Waals surface area contributed by atoms with Crippen LogP contribution in [0, 0.1) is 0 Å². The minimum absolute atomic E-state index is 0.977. The van der Waals surface area contributed by atoms with Gasteiger partial charge in [-0.05, 0) is 0 Å². The number of hydrogen-bond acceptors (Lipinski definition) is 0. The summed E-state index contributed by atoms with van der Waals surface area (Å²) in [5, 5.41) is -3.91. The summed E-state index contributed by atoms with van der Waals surface area (Å²) < 4.78 is 0. The van der Waals surface area contributed by atoms with Crippen LogP contribution in [0.25, 0.3) is 0 Å². The third-order valence-corrected chi connectivity index (χ3v) is 210. The molecule has 0 nitrogen and oxygen atoms in total. The van der Waals surface area contributed by atoms with Crippen LogP contribution in [0.15, 0.2) is 0 Å². The average molecular weight is 503 g/mol. The van der Waals surface area contributed by atoms with E-state index in [4.69, 9.17) is 0 Å². The topological polar surface area (TPSA) is 0 Å². The summed E-state index contributed by atoms with van der Waals surface area (Å²) in [6, 6.07) is 0. The van der Waals surface area contributed by atoms with Crippen molar-refractivity contribution < 1.29 is 14.0 Å². The molecule has 0 bridgehead atoms. The predicted molar refractivity (Wildman–Crippen MR) is 104 cm³/mol. The third kappa shape index (κ3) is 3.36. The Morgan fingerprint density at radius 1 is 0.353 bits per heavy atom. The first kappa shape index (κ1) is 19.4. The van der Waals surface area contributed by atoms with Crippen molar-refractivity contribution in [2.75, 3.05) is 80.0 Å². The Morgan fingerprint density at radius 3 is 0.471 bits per heavy atom. The molecule has 0 N–H and O–H groups in total. The van der Waals surface area contributed by atoms with Crippen LogP contribution in [-0.2, 0) is 14.0 Å². The summed E-state index contributed by atoms with van der Waals surface area (Å²) in [4.78, 5) is 0. The second kappa shape index (κ2) is 5.31. The first-order valence-electron chi connectivity index (χ1n) is 6.63. The summed E-state index contributed by atoms with van der Waals surface area (Å²) in [6.45, 7) is 32.8. The molecule has 0 radical (unpaired) electrons. The van der Waals surface area contributed by atoms with Crippen LogP contribution in [0.3, 0.4) is 0 Å². The molecule has 5 heteroatoms. The van der Waals surface area contributed by atoms with E-state index in [1.54, 1.807) is 0 Å². The molecule has 0 rings (SSSR count). The standard InChI is InChI=1S/4C3H9P.Pt/c4*1-4(2)3;/h4*1-3H3;/q;;;;-4/p+4. The van der Waals surface area contributed by atoms with Gasteiger partial charge in [-0.1, -0.05) is 0 Å². The van der Waals surface area contributed by atoms with E-state index < -0.39 is 35.4 Å². The fourth-order valence-corrected chi connectivity index (χ4v) is 314. The van der Waals surface area contributed by atoms with Crippen LogP contribution < -0.4 is 0 Å². The van der Waals surface area contributed by atoms with Gasteiger partial charge in [-0.2, -0.15) is 0 Å². The van der Waals surface area contributed by atoms with Gasteiger partial charge in [0.15, 0.2) is 0 Å². The molecule has 118 valence electrons. The molecule has 0 aliphatic carbocycles. The molecule has 0 amide bonds. The van der Waals surface area contributed by atoms with Crippen LogP contribution in [0.5, 0.6) is 0 Å². The quantitative estimate of drug-likeness (QED) is 0.501. The van der Waals surface area contributed by atoms with Crippen molar-refractivity contribution in [2.45, 2.75) is 0 Å². The van der Waals surface area contributed by atoms with E-state index in [0.29, 0.717) is 0 Å².